The fourth-order valence-corrected chi connectivity index (χ4v) is 2.61. The highest BCUT2D eigenvalue weighted by molar-refractivity contribution is 6.34. The number of aromatic nitrogens is 4. The van der Waals surface area contributed by atoms with Crippen LogP contribution in [0.3, 0.4) is 0 Å². The molecule has 1 aromatic carbocycles. The zero-order valence-corrected chi connectivity index (χ0v) is 13.1. The Morgan fingerprint density at radius 2 is 2.05 bits per heavy atom. The number of hydrogen-bond acceptors (Lipinski definition) is 4. The van der Waals surface area contributed by atoms with E-state index in [1.54, 1.807) is 22.8 Å². The molecule has 5 nitrogen and oxygen atoms in total. The molecular weight excluding hydrogens is 335 g/mol. The molecule has 3 rings (SSSR count). The summed E-state index contributed by atoms with van der Waals surface area (Å²) >= 11 is 18.3. The second-order valence-electron chi connectivity index (χ2n) is 4.15. The predicted molar refractivity (Wildman–Crippen MR) is 82.8 cm³/mol. The Kier molecular flexibility index (Phi) is 3.89. The van der Waals surface area contributed by atoms with Gasteiger partial charge in [0.2, 0.25) is 5.88 Å². The minimum Gasteiger partial charge on any atom is -0.479 e. The maximum atomic E-state index is 6.27. The first kappa shape index (κ1) is 14.4. The number of halogens is 3. The standard InChI is InChI=1S/C13H9Cl3N4O/c1-21-13-11-12(17-6-18-13)20(10(5-14)19-11)9-4-7(15)2-3-8(9)16/h2-4,6H,5H2,1H3. The maximum absolute atomic E-state index is 6.27. The summed E-state index contributed by atoms with van der Waals surface area (Å²) in [7, 11) is 1.52. The molecule has 0 aliphatic rings. The molecule has 0 unspecified atom stereocenters. The minimum absolute atomic E-state index is 0.183. The van der Waals surface area contributed by atoms with Crippen LogP contribution >= 0.6 is 34.8 Å². The Morgan fingerprint density at radius 3 is 2.76 bits per heavy atom. The Balaban J connectivity index is 2.38. The fraction of sp³-hybridized carbons (Fsp3) is 0.154. The third kappa shape index (κ3) is 2.41. The van der Waals surface area contributed by atoms with Crippen molar-refractivity contribution in [2.45, 2.75) is 5.88 Å². The van der Waals surface area contributed by atoms with Gasteiger partial charge in [0, 0.05) is 5.02 Å². The summed E-state index contributed by atoms with van der Waals surface area (Å²) in [5, 5.41) is 1.07. The molecule has 0 fully saturated rings. The number of benzene rings is 1. The van der Waals surface area contributed by atoms with Crippen LogP contribution in [0.5, 0.6) is 5.88 Å². The number of rotatable bonds is 3. The van der Waals surface area contributed by atoms with Gasteiger partial charge in [0.25, 0.3) is 0 Å². The second-order valence-corrected chi connectivity index (χ2v) is 5.26. The average molecular weight is 344 g/mol. The number of methoxy groups -OCH3 is 1. The second kappa shape index (κ2) is 5.67. The molecular formula is C13H9Cl3N4O. The maximum Gasteiger partial charge on any atom is 0.245 e. The van der Waals surface area contributed by atoms with Crippen LogP contribution in [0, 0.1) is 0 Å². The van der Waals surface area contributed by atoms with Gasteiger partial charge in [0.1, 0.15) is 12.2 Å². The molecule has 0 atom stereocenters. The number of imidazole rings is 1. The van der Waals surface area contributed by atoms with Gasteiger partial charge in [-0.25, -0.2) is 9.97 Å². The van der Waals surface area contributed by atoms with Gasteiger partial charge in [0.15, 0.2) is 11.2 Å². The largest absolute Gasteiger partial charge is 0.479 e. The van der Waals surface area contributed by atoms with E-state index in [1.807, 2.05) is 0 Å². The Labute approximate surface area is 135 Å². The molecule has 108 valence electrons. The number of alkyl halides is 1. The molecule has 0 bridgehead atoms. The lowest BCUT2D eigenvalue weighted by Gasteiger charge is -2.09. The molecule has 2 heterocycles. The van der Waals surface area contributed by atoms with Crippen molar-refractivity contribution in [3.63, 3.8) is 0 Å². The summed E-state index contributed by atoms with van der Waals surface area (Å²) in [4.78, 5) is 12.7. The molecule has 0 spiro atoms. The third-order valence-electron chi connectivity index (χ3n) is 2.94. The number of fused-ring (bicyclic) bond motifs is 1. The number of nitrogens with zero attached hydrogens (tertiary/aromatic N) is 4. The summed E-state index contributed by atoms with van der Waals surface area (Å²) in [6.07, 6.45) is 1.40. The van der Waals surface area contributed by atoms with Gasteiger partial charge in [-0.1, -0.05) is 23.2 Å². The van der Waals surface area contributed by atoms with E-state index < -0.39 is 0 Å². The summed E-state index contributed by atoms with van der Waals surface area (Å²) in [6.45, 7) is 0. The van der Waals surface area contributed by atoms with Gasteiger partial charge in [-0.3, -0.25) is 4.57 Å². The van der Waals surface area contributed by atoms with E-state index in [1.165, 1.54) is 13.4 Å². The zero-order chi connectivity index (χ0) is 15.0. The topological polar surface area (TPSA) is 52.8 Å². The van der Waals surface area contributed by atoms with E-state index in [2.05, 4.69) is 15.0 Å². The molecule has 0 aliphatic heterocycles. The van der Waals surface area contributed by atoms with Gasteiger partial charge < -0.3 is 4.74 Å². The Morgan fingerprint density at radius 1 is 1.24 bits per heavy atom. The van der Waals surface area contributed by atoms with Crippen molar-refractivity contribution >= 4 is 46.0 Å². The lowest BCUT2D eigenvalue weighted by atomic mass is 10.3. The van der Waals surface area contributed by atoms with Crippen LogP contribution in [0.2, 0.25) is 10.0 Å². The fourth-order valence-electron chi connectivity index (χ4n) is 2.07. The molecule has 21 heavy (non-hydrogen) atoms. The average Bonchev–Trinajstić information content (AvgIpc) is 2.88. The first-order valence-electron chi connectivity index (χ1n) is 5.93. The first-order valence-corrected chi connectivity index (χ1v) is 7.22. The molecule has 0 saturated heterocycles. The number of ether oxygens (including phenoxy) is 1. The minimum atomic E-state index is 0.183. The normalized spacial score (nSPS) is 11.0. The first-order chi connectivity index (χ1) is 10.2. The quantitative estimate of drug-likeness (QED) is 0.677. The SMILES string of the molecule is COc1ncnc2c1nc(CCl)n2-c1cc(Cl)ccc1Cl. The van der Waals surface area contributed by atoms with Gasteiger partial charge in [-0.05, 0) is 18.2 Å². The van der Waals surface area contributed by atoms with Crippen molar-refractivity contribution < 1.29 is 4.74 Å². The molecule has 0 saturated carbocycles. The van der Waals surface area contributed by atoms with E-state index in [4.69, 9.17) is 39.5 Å². The van der Waals surface area contributed by atoms with E-state index in [9.17, 15) is 0 Å². The van der Waals surface area contributed by atoms with Gasteiger partial charge >= 0.3 is 0 Å². The Hall–Kier alpha value is -1.56. The molecule has 0 N–H and O–H groups in total. The van der Waals surface area contributed by atoms with E-state index in [0.29, 0.717) is 38.6 Å². The highest BCUT2D eigenvalue weighted by Gasteiger charge is 2.18. The van der Waals surface area contributed by atoms with Crippen LogP contribution in [-0.4, -0.2) is 26.6 Å². The van der Waals surface area contributed by atoms with Gasteiger partial charge in [0.05, 0.1) is 23.7 Å². The summed E-state index contributed by atoms with van der Waals surface area (Å²) in [5.74, 6) is 1.14. The lowest BCUT2D eigenvalue weighted by Crippen LogP contribution is -2.01. The smallest absolute Gasteiger partial charge is 0.245 e. The van der Waals surface area contributed by atoms with Crippen LogP contribution in [0.1, 0.15) is 5.82 Å². The van der Waals surface area contributed by atoms with Crippen LogP contribution in [-0.2, 0) is 5.88 Å². The van der Waals surface area contributed by atoms with Crippen LogP contribution in [0.25, 0.3) is 16.9 Å². The predicted octanol–water partition coefficient (Wildman–Crippen LogP) is 3.87. The van der Waals surface area contributed by atoms with E-state index >= 15 is 0 Å². The molecule has 0 radical (unpaired) electrons. The molecule has 2 aromatic heterocycles. The van der Waals surface area contributed by atoms with E-state index in [-0.39, 0.29) is 5.88 Å². The van der Waals surface area contributed by atoms with Crippen LogP contribution < -0.4 is 4.74 Å². The van der Waals surface area contributed by atoms with Crippen molar-refractivity contribution in [1.82, 2.24) is 19.5 Å². The molecule has 3 aromatic rings. The lowest BCUT2D eigenvalue weighted by molar-refractivity contribution is 0.401. The van der Waals surface area contributed by atoms with E-state index in [0.717, 1.165) is 0 Å². The van der Waals surface area contributed by atoms with Crippen LogP contribution in [0.4, 0.5) is 0 Å². The zero-order valence-electron chi connectivity index (χ0n) is 10.8. The van der Waals surface area contributed by atoms with Crippen molar-refractivity contribution in [1.29, 1.82) is 0 Å². The van der Waals surface area contributed by atoms with Gasteiger partial charge in [-0.2, -0.15) is 4.98 Å². The van der Waals surface area contributed by atoms with Crippen molar-refractivity contribution in [3.05, 3.63) is 40.4 Å². The number of hydrogen-bond donors (Lipinski definition) is 0. The van der Waals surface area contributed by atoms with Crippen molar-refractivity contribution in [2.75, 3.05) is 7.11 Å². The van der Waals surface area contributed by atoms with Crippen LogP contribution in [0.15, 0.2) is 24.5 Å². The summed E-state index contributed by atoms with van der Waals surface area (Å²) < 4.78 is 6.95. The van der Waals surface area contributed by atoms with Crippen molar-refractivity contribution in [2.24, 2.45) is 0 Å². The monoisotopic (exact) mass is 342 g/mol. The molecule has 0 aliphatic carbocycles. The highest BCUT2D eigenvalue weighted by atomic mass is 35.5. The Bertz CT molecular complexity index is 819. The van der Waals surface area contributed by atoms with Gasteiger partial charge in [-0.15, -0.1) is 11.6 Å². The molecule has 8 heteroatoms. The third-order valence-corrected chi connectivity index (χ3v) is 3.74. The van der Waals surface area contributed by atoms with Crippen molar-refractivity contribution in [3.8, 4) is 11.6 Å². The summed E-state index contributed by atoms with van der Waals surface area (Å²) in [5.41, 5.74) is 1.73. The summed E-state index contributed by atoms with van der Waals surface area (Å²) in [6, 6.07) is 5.15. The highest BCUT2D eigenvalue weighted by Crippen LogP contribution is 2.31. The molecule has 0 amide bonds.